The monoisotopic (exact) mass is 390 g/mol. The summed E-state index contributed by atoms with van der Waals surface area (Å²) in [5.74, 6) is -0.258. The summed E-state index contributed by atoms with van der Waals surface area (Å²) in [5, 5.41) is 10.9. The molecule has 1 aromatic heterocycles. The number of carbonyl (C=O) groups excluding carboxylic acids is 1. The van der Waals surface area contributed by atoms with E-state index in [2.05, 4.69) is 9.97 Å². The largest absolute Gasteiger partial charge is 0.455 e. The van der Waals surface area contributed by atoms with Gasteiger partial charge in [0.1, 0.15) is 6.61 Å². The summed E-state index contributed by atoms with van der Waals surface area (Å²) >= 11 is 5.01. The molecule has 1 saturated heterocycles. The summed E-state index contributed by atoms with van der Waals surface area (Å²) in [6.07, 6.45) is -0.845. The van der Waals surface area contributed by atoms with E-state index in [0.717, 1.165) is 0 Å². The molecule has 0 spiro atoms. The summed E-state index contributed by atoms with van der Waals surface area (Å²) < 4.78 is 10.9. The number of H-pyrrole nitrogens is 2. The smallest absolute Gasteiger partial charge is 0.412 e. The second kappa shape index (κ2) is 6.50. The van der Waals surface area contributed by atoms with Gasteiger partial charge in [0.25, 0.3) is 11.2 Å². The van der Waals surface area contributed by atoms with Gasteiger partial charge < -0.3 is 14.5 Å². The second-order valence-corrected chi connectivity index (χ2v) is 6.58. The number of non-ortho nitro benzene ring substituents is 1. The lowest BCUT2D eigenvalue weighted by Crippen LogP contribution is -2.45. The topological polar surface area (TPSA) is 131 Å². The molecular formula is C16H14N4O6S. The first-order valence-corrected chi connectivity index (χ1v) is 8.56. The number of rotatable bonds is 3. The van der Waals surface area contributed by atoms with Gasteiger partial charge in [-0.3, -0.25) is 24.8 Å². The summed E-state index contributed by atoms with van der Waals surface area (Å²) in [7, 11) is 0. The zero-order chi connectivity index (χ0) is 19.1. The second-order valence-electron chi connectivity index (χ2n) is 6.17. The first-order chi connectivity index (χ1) is 12.9. The van der Waals surface area contributed by atoms with Crippen molar-refractivity contribution in [2.24, 2.45) is 0 Å². The average Bonchev–Trinajstić information content (AvgIpc) is 3.06. The number of amides is 1. The minimum atomic E-state index is -0.653. The van der Waals surface area contributed by atoms with E-state index >= 15 is 0 Å². The number of aromatic amines is 2. The molecule has 2 atom stereocenters. The minimum Gasteiger partial charge on any atom is -0.455 e. The SMILES string of the molecule is O=C1OCCN1[C@@H]1C[C@H](c2ccc([N+](=O)[O-])cc2)c2c([nH]c(=S)[nH]c2=O)O1. The van der Waals surface area contributed by atoms with Crippen molar-refractivity contribution in [3.8, 4) is 5.88 Å². The number of benzene rings is 1. The van der Waals surface area contributed by atoms with E-state index in [9.17, 15) is 19.7 Å². The summed E-state index contributed by atoms with van der Waals surface area (Å²) in [4.78, 5) is 41.6. The van der Waals surface area contributed by atoms with E-state index in [0.29, 0.717) is 24.1 Å². The van der Waals surface area contributed by atoms with Crippen LogP contribution in [0.4, 0.5) is 10.5 Å². The Morgan fingerprint density at radius 1 is 1.22 bits per heavy atom. The third-order valence-electron chi connectivity index (χ3n) is 4.63. The molecule has 27 heavy (non-hydrogen) atoms. The molecule has 11 heteroatoms. The fourth-order valence-corrected chi connectivity index (χ4v) is 3.56. The highest BCUT2D eigenvalue weighted by molar-refractivity contribution is 7.71. The van der Waals surface area contributed by atoms with Crippen LogP contribution in [0.3, 0.4) is 0 Å². The third kappa shape index (κ3) is 3.05. The van der Waals surface area contributed by atoms with Crippen molar-refractivity contribution in [2.45, 2.75) is 18.6 Å². The zero-order valence-corrected chi connectivity index (χ0v) is 14.7. The summed E-state index contributed by atoms with van der Waals surface area (Å²) in [6.45, 7) is 0.634. The van der Waals surface area contributed by atoms with Gasteiger partial charge in [-0.25, -0.2) is 4.79 Å². The van der Waals surface area contributed by atoms with Crippen molar-refractivity contribution in [3.05, 3.63) is 60.6 Å². The molecule has 1 amide bonds. The highest BCUT2D eigenvalue weighted by Crippen LogP contribution is 2.38. The van der Waals surface area contributed by atoms with Crippen molar-refractivity contribution < 1.29 is 19.2 Å². The standard InChI is InChI=1S/C16H14N4O6S/c21-13-12-10(8-1-3-9(4-2-8)20(23)24)7-11(19-5-6-25-16(19)22)26-14(12)18-15(27)17-13/h1-4,10-11H,5-7H2,(H2,17,18,21,27)/t10-,11+/m1/s1. The number of carbonyl (C=O) groups is 1. The Hall–Kier alpha value is -3.21. The number of nitro groups is 1. The van der Waals surface area contributed by atoms with E-state index in [-0.39, 0.29) is 22.9 Å². The molecule has 0 unspecified atom stereocenters. The van der Waals surface area contributed by atoms with E-state index < -0.39 is 28.7 Å². The van der Waals surface area contributed by atoms with Gasteiger partial charge in [0.05, 0.1) is 17.0 Å². The van der Waals surface area contributed by atoms with Crippen LogP contribution in [0.5, 0.6) is 5.88 Å². The Balaban J connectivity index is 1.79. The Morgan fingerprint density at radius 2 is 1.96 bits per heavy atom. The number of ether oxygens (including phenoxy) is 2. The molecule has 140 valence electrons. The predicted octanol–water partition coefficient (Wildman–Crippen LogP) is 2.03. The van der Waals surface area contributed by atoms with Crippen LogP contribution in [0.15, 0.2) is 29.1 Å². The maximum Gasteiger partial charge on any atom is 0.412 e. The van der Waals surface area contributed by atoms with Crippen LogP contribution >= 0.6 is 12.2 Å². The number of aromatic nitrogens is 2. The summed E-state index contributed by atoms with van der Waals surface area (Å²) in [6, 6.07) is 5.95. The number of nitrogens with one attached hydrogen (secondary N) is 2. The molecule has 2 aliphatic heterocycles. The van der Waals surface area contributed by atoms with Crippen LogP contribution < -0.4 is 10.3 Å². The van der Waals surface area contributed by atoms with Crippen LogP contribution in [0.2, 0.25) is 0 Å². The molecule has 0 radical (unpaired) electrons. The quantitative estimate of drug-likeness (QED) is 0.466. The van der Waals surface area contributed by atoms with Gasteiger partial charge in [-0.2, -0.15) is 0 Å². The van der Waals surface area contributed by atoms with Crippen molar-refractivity contribution >= 4 is 24.0 Å². The first kappa shape index (κ1) is 17.2. The van der Waals surface area contributed by atoms with Gasteiger partial charge in [0.2, 0.25) is 5.88 Å². The number of nitro benzene ring substituents is 1. The molecule has 2 aliphatic rings. The van der Waals surface area contributed by atoms with Crippen molar-refractivity contribution in [3.63, 3.8) is 0 Å². The average molecular weight is 390 g/mol. The van der Waals surface area contributed by atoms with Crippen molar-refractivity contribution in [2.75, 3.05) is 13.2 Å². The molecule has 2 aromatic rings. The molecule has 0 aliphatic carbocycles. The van der Waals surface area contributed by atoms with E-state index in [1.54, 1.807) is 12.1 Å². The van der Waals surface area contributed by atoms with Gasteiger partial charge in [-0.05, 0) is 17.8 Å². The number of cyclic esters (lactones) is 1. The molecule has 1 aromatic carbocycles. The number of nitrogens with zero attached hydrogens (tertiary/aromatic N) is 2. The number of fused-ring (bicyclic) bond motifs is 1. The maximum atomic E-state index is 12.5. The normalized spacial score (nSPS) is 21.3. The van der Waals surface area contributed by atoms with E-state index in [4.69, 9.17) is 21.7 Å². The molecule has 10 nitrogen and oxygen atoms in total. The lowest BCUT2D eigenvalue weighted by Gasteiger charge is -2.34. The van der Waals surface area contributed by atoms with Crippen molar-refractivity contribution in [1.82, 2.24) is 14.9 Å². The molecular weight excluding hydrogens is 376 g/mol. The molecule has 4 rings (SSSR count). The Bertz CT molecular complexity index is 1030. The van der Waals surface area contributed by atoms with Crippen LogP contribution in [0.25, 0.3) is 0 Å². The minimum absolute atomic E-state index is 0.0490. The highest BCUT2D eigenvalue weighted by atomic mass is 32.1. The van der Waals surface area contributed by atoms with Crippen LogP contribution in [-0.4, -0.2) is 45.3 Å². The third-order valence-corrected chi connectivity index (χ3v) is 4.83. The fraction of sp³-hybridized carbons (Fsp3) is 0.312. The van der Waals surface area contributed by atoms with Crippen LogP contribution in [0, 0.1) is 14.9 Å². The lowest BCUT2D eigenvalue weighted by molar-refractivity contribution is -0.384. The van der Waals surface area contributed by atoms with Gasteiger partial charge in [0.15, 0.2) is 11.0 Å². The highest BCUT2D eigenvalue weighted by Gasteiger charge is 2.39. The van der Waals surface area contributed by atoms with Crippen molar-refractivity contribution in [1.29, 1.82) is 0 Å². The fourth-order valence-electron chi connectivity index (χ4n) is 3.38. The van der Waals surface area contributed by atoms with Crippen LogP contribution in [0.1, 0.15) is 23.5 Å². The first-order valence-electron chi connectivity index (χ1n) is 8.15. The van der Waals surface area contributed by atoms with Gasteiger partial charge in [-0.15, -0.1) is 0 Å². The van der Waals surface area contributed by atoms with E-state index in [1.165, 1.54) is 17.0 Å². The molecule has 0 bridgehead atoms. The predicted molar refractivity (Wildman–Crippen MR) is 94.3 cm³/mol. The molecule has 0 saturated carbocycles. The van der Waals surface area contributed by atoms with Gasteiger partial charge in [-0.1, -0.05) is 12.1 Å². The maximum absolute atomic E-state index is 12.5. The number of hydrogen-bond acceptors (Lipinski definition) is 7. The Kier molecular flexibility index (Phi) is 4.15. The molecule has 1 fully saturated rings. The summed E-state index contributed by atoms with van der Waals surface area (Å²) in [5.41, 5.74) is 0.576. The molecule has 2 N–H and O–H groups in total. The Morgan fingerprint density at radius 3 is 2.59 bits per heavy atom. The lowest BCUT2D eigenvalue weighted by atomic mass is 9.87. The van der Waals surface area contributed by atoms with Gasteiger partial charge >= 0.3 is 6.09 Å². The number of hydrogen-bond donors (Lipinski definition) is 2. The zero-order valence-electron chi connectivity index (χ0n) is 13.8. The Labute approximate surface area is 156 Å². The molecule has 3 heterocycles. The van der Waals surface area contributed by atoms with Crippen LogP contribution in [-0.2, 0) is 4.74 Å². The van der Waals surface area contributed by atoms with E-state index in [1.807, 2.05) is 0 Å². The van der Waals surface area contributed by atoms with Gasteiger partial charge in [0, 0.05) is 24.5 Å².